The topological polar surface area (TPSA) is 57.7 Å². The minimum absolute atomic E-state index is 0.00239. The summed E-state index contributed by atoms with van der Waals surface area (Å²) in [5, 5.41) is 0. The molecule has 0 aliphatic carbocycles. The van der Waals surface area contributed by atoms with Crippen molar-refractivity contribution in [3.05, 3.63) is 35.8 Å². The second kappa shape index (κ2) is 5.87. The lowest BCUT2D eigenvalue weighted by molar-refractivity contribution is 0.511. The van der Waals surface area contributed by atoms with Crippen LogP contribution in [0.25, 0.3) is 0 Å². The molecule has 0 aromatic carbocycles. The number of anilines is 1. The van der Waals surface area contributed by atoms with Gasteiger partial charge in [0.05, 0.1) is 11.7 Å². The SMILES string of the molecule is CC(C)(C)c1cc(N2CCC[C@@H]2c2ncc[nH]2)nc(C(C)(C)C)n1. The van der Waals surface area contributed by atoms with E-state index in [-0.39, 0.29) is 16.9 Å². The second-order valence-electron chi connectivity index (χ2n) is 8.76. The summed E-state index contributed by atoms with van der Waals surface area (Å²) >= 11 is 0. The third-order valence-electron chi connectivity index (χ3n) is 4.53. The smallest absolute Gasteiger partial charge is 0.136 e. The summed E-state index contributed by atoms with van der Waals surface area (Å²) in [4.78, 5) is 19.9. The number of hydrogen-bond acceptors (Lipinski definition) is 4. The Morgan fingerprint density at radius 1 is 1.08 bits per heavy atom. The van der Waals surface area contributed by atoms with Gasteiger partial charge in [-0.1, -0.05) is 41.5 Å². The zero-order valence-electron chi connectivity index (χ0n) is 15.7. The molecule has 5 nitrogen and oxygen atoms in total. The zero-order valence-corrected chi connectivity index (χ0v) is 15.7. The maximum atomic E-state index is 4.93. The summed E-state index contributed by atoms with van der Waals surface area (Å²) in [6.07, 6.45) is 5.98. The molecule has 2 aromatic heterocycles. The molecule has 0 radical (unpaired) electrons. The van der Waals surface area contributed by atoms with E-state index in [1.165, 1.54) is 0 Å². The molecule has 130 valence electrons. The molecule has 5 heteroatoms. The van der Waals surface area contributed by atoms with E-state index in [1.807, 2.05) is 12.4 Å². The van der Waals surface area contributed by atoms with Crippen molar-refractivity contribution in [3.63, 3.8) is 0 Å². The minimum atomic E-state index is -0.0735. The fraction of sp³-hybridized carbons (Fsp3) is 0.632. The van der Waals surface area contributed by atoms with E-state index < -0.39 is 0 Å². The predicted molar refractivity (Wildman–Crippen MR) is 97.3 cm³/mol. The summed E-state index contributed by atoms with van der Waals surface area (Å²) in [7, 11) is 0. The maximum Gasteiger partial charge on any atom is 0.136 e. The van der Waals surface area contributed by atoms with Crippen LogP contribution in [-0.4, -0.2) is 26.5 Å². The third-order valence-corrected chi connectivity index (χ3v) is 4.53. The first-order chi connectivity index (χ1) is 11.2. The van der Waals surface area contributed by atoms with Crippen molar-refractivity contribution < 1.29 is 0 Å². The molecule has 24 heavy (non-hydrogen) atoms. The summed E-state index contributed by atoms with van der Waals surface area (Å²) in [6, 6.07) is 2.44. The zero-order chi connectivity index (χ0) is 17.5. The van der Waals surface area contributed by atoms with Gasteiger partial charge in [-0.25, -0.2) is 15.0 Å². The lowest BCUT2D eigenvalue weighted by Gasteiger charge is -2.29. The first kappa shape index (κ1) is 16.9. The van der Waals surface area contributed by atoms with Gasteiger partial charge in [0.1, 0.15) is 17.5 Å². The molecule has 3 heterocycles. The van der Waals surface area contributed by atoms with Crippen LogP contribution in [-0.2, 0) is 10.8 Å². The molecule has 1 atom stereocenters. The molecular formula is C19H29N5. The Morgan fingerprint density at radius 3 is 2.42 bits per heavy atom. The van der Waals surface area contributed by atoms with E-state index in [0.29, 0.717) is 0 Å². The number of nitrogens with zero attached hydrogens (tertiary/aromatic N) is 4. The molecule has 0 spiro atoms. The number of hydrogen-bond donors (Lipinski definition) is 1. The average Bonchev–Trinajstić information content (AvgIpc) is 3.15. The molecule has 0 bridgehead atoms. The van der Waals surface area contributed by atoms with Crippen molar-refractivity contribution in [2.24, 2.45) is 0 Å². The largest absolute Gasteiger partial charge is 0.347 e. The monoisotopic (exact) mass is 327 g/mol. The van der Waals surface area contributed by atoms with Crippen LogP contribution in [0.2, 0.25) is 0 Å². The van der Waals surface area contributed by atoms with E-state index in [4.69, 9.17) is 9.97 Å². The van der Waals surface area contributed by atoms with Crippen LogP contribution in [0.3, 0.4) is 0 Å². The highest BCUT2D eigenvalue weighted by Gasteiger charge is 2.31. The lowest BCUT2D eigenvalue weighted by Crippen LogP contribution is -2.28. The highest BCUT2D eigenvalue weighted by atomic mass is 15.3. The normalized spacial score (nSPS) is 19.1. The Kier molecular flexibility index (Phi) is 4.14. The van der Waals surface area contributed by atoms with Crippen molar-refractivity contribution >= 4 is 5.82 Å². The molecule has 1 aliphatic heterocycles. The second-order valence-corrected chi connectivity index (χ2v) is 8.76. The highest BCUT2D eigenvalue weighted by molar-refractivity contribution is 5.45. The molecule has 3 rings (SSSR count). The molecule has 1 saturated heterocycles. The molecule has 0 saturated carbocycles. The van der Waals surface area contributed by atoms with Crippen molar-refractivity contribution in [3.8, 4) is 0 Å². The number of aromatic amines is 1. The minimum Gasteiger partial charge on any atom is -0.347 e. The van der Waals surface area contributed by atoms with Gasteiger partial charge >= 0.3 is 0 Å². The van der Waals surface area contributed by atoms with Gasteiger partial charge in [-0.2, -0.15) is 0 Å². The number of H-pyrrole nitrogens is 1. The van der Waals surface area contributed by atoms with E-state index in [2.05, 4.69) is 62.5 Å². The number of aromatic nitrogens is 4. The van der Waals surface area contributed by atoms with Crippen molar-refractivity contribution in [2.75, 3.05) is 11.4 Å². The van der Waals surface area contributed by atoms with Gasteiger partial charge in [0.25, 0.3) is 0 Å². The van der Waals surface area contributed by atoms with Gasteiger partial charge in [-0.05, 0) is 12.8 Å². The fourth-order valence-corrected chi connectivity index (χ4v) is 3.09. The fourth-order valence-electron chi connectivity index (χ4n) is 3.09. The van der Waals surface area contributed by atoms with Crippen LogP contribution in [0.5, 0.6) is 0 Å². The first-order valence-electron chi connectivity index (χ1n) is 8.82. The lowest BCUT2D eigenvalue weighted by atomic mass is 9.90. The van der Waals surface area contributed by atoms with Gasteiger partial charge in [0, 0.05) is 35.8 Å². The molecule has 1 N–H and O–H groups in total. The Hall–Kier alpha value is -1.91. The van der Waals surface area contributed by atoms with Crippen molar-refractivity contribution in [1.29, 1.82) is 0 Å². The third kappa shape index (κ3) is 3.30. The maximum absolute atomic E-state index is 4.93. The summed E-state index contributed by atoms with van der Waals surface area (Å²) in [5.74, 6) is 2.97. The van der Waals surface area contributed by atoms with Crippen LogP contribution < -0.4 is 4.90 Å². The van der Waals surface area contributed by atoms with Crippen molar-refractivity contribution in [2.45, 2.75) is 71.3 Å². The van der Waals surface area contributed by atoms with E-state index in [1.54, 1.807) is 0 Å². The van der Waals surface area contributed by atoms with E-state index >= 15 is 0 Å². The average molecular weight is 327 g/mol. The molecule has 2 aromatic rings. The molecule has 1 fully saturated rings. The summed E-state index contributed by atoms with van der Waals surface area (Å²) in [5.41, 5.74) is 1.02. The van der Waals surface area contributed by atoms with Crippen LogP contribution in [0, 0.1) is 0 Å². The van der Waals surface area contributed by atoms with Crippen LogP contribution in [0.4, 0.5) is 5.82 Å². The highest BCUT2D eigenvalue weighted by Crippen LogP contribution is 2.36. The Morgan fingerprint density at radius 2 is 1.83 bits per heavy atom. The molecular weight excluding hydrogens is 298 g/mol. The Bertz CT molecular complexity index is 659. The predicted octanol–water partition coefficient (Wildman–Crippen LogP) is 4.14. The summed E-state index contributed by atoms with van der Waals surface area (Å²) < 4.78 is 0. The van der Waals surface area contributed by atoms with Crippen molar-refractivity contribution in [1.82, 2.24) is 19.9 Å². The van der Waals surface area contributed by atoms with E-state index in [0.717, 1.165) is 42.5 Å². The Labute approximate surface area is 144 Å². The number of nitrogens with one attached hydrogen (secondary N) is 1. The van der Waals surface area contributed by atoms with Gasteiger partial charge in [-0.15, -0.1) is 0 Å². The summed E-state index contributed by atoms with van der Waals surface area (Å²) in [6.45, 7) is 14.2. The quantitative estimate of drug-likeness (QED) is 0.901. The van der Waals surface area contributed by atoms with Gasteiger partial charge in [0.15, 0.2) is 0 Å². The first-order valence-corrected chi connectivity index (χ1v) is 8.82. The molecule has 1 aliphatic rings. The van der Waals surface area contributed by atoms with Crippen LogP contribution in [0.15, 0.2) is 18.5 Å². The van der Waals surface area contributed by atoms with Crippen LogP contribution in [0.1, 0.15) is 77.8 Å². The molecule has 0 unspecified atom stereocenters. The van der Waals surface area contributed by atoms with Gasteiger partial charge < -0.3 is 9.88 Å². The van der Waals surface area contributed by atoms with E-state index in [9.17, 15) is 0 Å². The molecule has 0 amide bonds. The number of rotatable bonds is 2. The standard InChI is InChI=1S/C19H29N5/c1-18(2,3)14-12-15(23-17(22-14)19(4,5)6)24-11-7-8-13(24)16-20-9-10-21-16/h9-10,12-13H,7-8,11H2,1-6H3,(H,20,21)/t13-/m1/s1. The van der Waals surface area contributed by atoms with Gasteiger partial charge in [-0.3, -0.25) is 0 Å². The Balaban J connectivity index is 2.06. The van der Waals surface area contributed by atoms with Gasteiger partial charge in [0.2, 0.25) is 0 Å². The number of imidazole rings is 1. The van der Waals surface area contributed by atoms with Crippen LogP contribution >= 0.6 is 0 Å².